The monoisotopic (exact) mass is 402 g/mol. The molecule has 0 aliphatic carbocycles. The zero-order valence-corrected chi connectivity index (χ0v) is 16.9. The summed E-state index contributed by atoms with van der Waals surface area (Å²) in [5.41, 5.74) is 12.7. The van der Waals surface area contributed by atoms with E-state index in [2.05, 4.69) is 54.0 Å². The summed E-state index contributed by atoms with van der Waals surface area (Å²) in [5.74, 6) is 0.353. The van der Waals surface area contributed by atoms with Gasteiger partial charge in [-0.05, 0) is 43.3 Å². The minimum atomic E-state index is 0.351. The van der Waals surface area contributed by atoms with Crippen molar-refractivity contribution < 1.29 is 0 Å². The van der Waals surface area contributed by atoms with E-state index in [0.717, 1.165) is 28.7 Å². The lowest BCUT2D eigenvalue weighted by atomic mass is 10.1. The van der Waals surface area contributed by atoms with E-state index in [4.69, 9.17) is 15.7 Å². The Labute approximate surface area is 177 Å². The summed E-state index contributed by atoms with van der Waals surface area (Å²) in [6.07, 6.45) is 0. The molecule has 6 nitrogen and oxygen atoms in total. The molecular formula is C25H18N6. The van der Waals surface area contributed by atoms with Crippen LogP contribution < -0.4 is 5.73 Å². The molecule has 6 aromatic rings. The molecule has 3 aromatic carbocycles. The molecule has 6 heteroatoms. The van der Waals surface area contributed by atoms with Crippen molar-refractivity contribution in [3.63, 3.8) is 0 Å². The van der Waals surface area contributed by atoms with Gasteiger partial charge in [-0.3, -0.25) is 4.57 Å². The lowest BCUT2D eigenvalue weighted by Crippen LogP contribution is -2.02. The number of anilines is 1. The van der Waals surface area contributed by atoms with Crippen LogP contribution in [0.3, 0.4) is 0 Å². The number of nitrogens with zero attached hydrogens (tertiary/aromatic N) is 5. The molecule has 2 N–H and O–H groups in total. The number of nitriles is 1. The maximum absolute atomic E-state index is 9.78. The normalized spacial score (nSPS) is 11.6. The Morgan fingerprint density at radius 1 is 0.903 bits per heavy atom. The maximum atomic E-state index is 9.78. The fraction of sp³-hybridized carbons (Fsp3) is 0.0800. The molecule has 3 aromatic heterocycles. The third kappa shape index (κ3) is 2.31. The molecule has 31 heavy (non-hydrogen) atoms. The van der Waals surface area contributed by atoms with Gasteiger partial charge in [0.15, 0.2) is 5.65 Å². The van der Waals surface area contributed by atoms with Gasteiger partial charge >= 0.3 is 0 Å². The zero-order valence-electron chi connectivity index (χ0n) is 16.9. The molecule has 0 aliphatic heterocycles. The van der Waals surface area contributed by atoms with Gasteiger partial charge < -0.3 is 10.3 Å². The number of rotatable bonds is 2. The predicted octanol–water partition coefficient (Wildman–Crippen LogP) is 5.16. The topological polar surface area (TPSA) is 85.5 Å². The van der Waals surface area contributed by atoms with Crippen LogP contribution in [-0.4, -0.2) is 19.1 Å². The third-order valence-electron chi connectivity index (χ3n) is 5.94. The van der Waals surface area contributed by atoms with Gasteiger partial charge in [0.25, 0.3) is 0 Å². The second kappa shape index (κ2) is 6.31. The summed E-state index contributed by atoms with van der Waals surface area (Å²) in [4.78, 5) is 9.51. The van der Waals surface area contributed by atoms with Crippen molar-refractivity contribution in [2.75, 3.05) is 5.73 Å². The lowest BCUT2D eigenvalue weighted by molar-refractivity contribution is 0.827. The Bertz CT molecular complexity index is 1700. The number of nitrogens with two attached hydrogens (primary N) is 1. The number of aromatic nitrogens is 4. The van der Waals surface area contributed by atoms with Crippen LogP contribution >= 0.6 is 0 Å². The molecule has 0 saturated carbocycles. The first-order chi connectivity index (χ1) is 15.2. The number of para-hydroxylation sites is 3. The number of aryl methyl sites for hydroxylation is 1. The Morgan fingerprint density at radius 3 is 2.39 bits per heavy atom. The fourth-order valence-corrected chi connectivity index (χ4v) is 4.55. The van der Waals surface area contributed by atoms with Crippen molar-refractivity contribution in [2.24, 2.45) is 0 Å². The van der Waals surface area contributed by atoms with Crippen molar-refractivity contribution in [3.8, 4) is 11.8 Å². The average Bonchev–Trinajstić information content (AvgIpc) is 3.27. The van der Waals surface area contributed by atoms with E-state index in [0.29, 0.717) is 22.5 Å². The molecule has 148 valence electrons. The quantitative estimate of drug-likeness (QED) is 0.434. The maximum Gasteiger partial charge on any atom is 0.167 e. The van der Waals surface area contributed by atoms with E-state index >= 15 is 0 Å². The zero-order chi connectivity index (χ0) is 21.1. The van der Waals surface area contributed by atoms with Gasteiger partial charge in [-0.1, -0.05) is 30.3 Å². The van der Waals surface area contributed by atoms with Gasteiger partial charge in [-0.25, -0.2) is 9.97 Å². The first-order valence-electron chi connectivity index (χ1n) is 10.2. The summed E-state index contributed by atoms with van der Waals surface area (Å²) >= 11 is 0. The fourth-order valence-electron chi connectivity index (χ4n) is 4.55. The van der Waals surface area contributed by atoms with Crippen LogP contribution in [0.25, 0.3) is 49.7 Å². The number of nitrogen functional groups attached to an aromatic ring is 1. The Morgan fingerprint density at radius 2 is 1.61 bits per heavy atom. The second-order valence-corrected chi connectivity index (χ2v) is 7.55. The van der Waals surface area contributed by atoms with E-state index < -0.39 is 0 Å². The highest BCUT2D eigenvalue weighted by Gasteiger charge is 2.20. The average molecular weight is 402 g/mol. The van der Waals surface area contributed by atoms with E-state index in [9.17, 15) is 5.26 Å². The molecule has 0 unspecified atom stereocenters. The molecule has 0 bridgehead atoms. The molecule has 0 fully saturated rings. The van der Waals surface area contributed by atoms with Gasteiger partial charge in [0.1, 0.15) is 23.0 Å². The van der Waals surface area contributed by atoms with Crippen LogP contribution in [0.1, 0.15) is 12.5 Å². The highest BCUT2D eigenvalue weighted by molar-refractivity contribution is 6.09. The summed E-state index contributed by atoms with van der Waals surface area (Å²) in [6.45, 7) is 3.03. The van der Waals surface area contributed by atoms with E-state index in [1.165, 1.54) is 16.4 Å². The number of hydrogen-bond donors (Lipinski definition) is 1. The van der Waals surface area contributed by atoms with Gasteiger partial charge in [-0.2, -0.15) is 5.26 Å². The van der Waals surface area contributed by atoms with Crippen LogP contribution in [0.15, 0.2) is 66.7 Å². The molecule has 3 heterocycles. The highest BCUT2D eigenvalue weighted by atomic mass is 15.1. The Kier molecular flexibility index (Phi) is 3.56. The molecular weight excluding hydrogens is 384 g/mol. The molecule has 0 radical (unpaired) electrons. The molecule has 0 aliphatic rings. The first-order valence-corrected chi connectivity index (χ1v) is 10.2. The molecule has 6 rings (SSSR count). The van der Waals surface area contributed by atoms with Crippen molar-refractivity contribution in [1.29, 1.82) is 5.26 Å². The highest BCUT2D eigenvalue weighted by Crippen LogP contribution is 2.34. The molecule has 0 atom stereocenters. The van der Waals surface area contributed by atoms with Gasteiger partial charge in [0.2, 0.25) is 0 Å². The molecule has 0 saturated heterocycles. The number of fused-ring (bicyclic) bond motifs is 5. The largest absolute Gasteiger partial charge is 0.384 e. The number of benzene rings is 3. The third-order valence-corrected chi connectivity index (χ3v) is 5.94. The van der Waals surface area contributed by atoms with Crippen molar-refractivity contribution >= 4 is 49.8 Å². The second-order valence-electron chi connectivity index (χ2n) is 7.55. The van der Waals surface area contributed by atoms with Crippen LogP contribution in [0.5, 0.6) is 0 Å². The van der Waals surface area contributed by atoms with Crippen LogP contribution in [0, 0.1) is 11.3 Å². The van der Waals surface area contributed by atoms with Crippen molar-refractivity contribution in [3.05, 3.63) is 72.3 Å². The SMILES string of the molecule is CCn1c2ccccc2c2cc(-n3c(N)c(C#N)c4nc5ccccc5nc43)ccc21. The smallest absolute Gasteiger partial charge is 0.167 e. The number of hydrogen-bond acceptors (Lipinski definition) is 4. The van der Waals surface area contributed by atoms with Crippen LogP contribution in [-0.2, 0) is 6.54 Å². The van der Waals surface area contributed by atoms with Crippen LogP contribution in [0.2, 0.25) is 0 Å². The predicted molar refractivity (Wildman–Crippen MR) is 124 cm³/mol. The van der Waals surface area contributed by atoms with Gasteiger partial charge in [-0.15, -0.1) is 0 Å². The Hall–Kier alpha value is -4.37. The molecule has 0 amide bonds. The van der Waals surface area contributed by atoms with E-state index in [1.807, 2.05) is 34.9 Å². The van der Waals surface area contributed by atoms with Gasteiger partial charge in [0.05, 0.1) is 11.0 Å². The summed E-state index contributed by atoms with van der Waals surface area (Å²) in [6, 6.07) is 24.5. The van der Waals surface area contributed by atoms with Crippen molar-refractivity contribution in [2.45, 2.75) is 13.5 Å². The van der Waals surface area contributed by atoms with E-state index in [-0.39, 0.29) is 0 Å². The van der Waals surface area contributed by atoms with Gasteiger partial charge in [0, 0.05) is 34.0 Å². The van der Waals surface area contributed by atoms with Crippen molar-refractivity contribution in [1.82, 2.24) is 19.1 Å². The summed E-state index contributed by atoms with van der Waals surface area (Å²) < 4.78 is 4.14. The minimum Gasteiger partial charge on any atom is -0.384 e. The van der Waals surface area contributed by atoms with E-state index in [1.54, 1.807) is 0 Å². The minimum absolute atomic E-state index is 0.351. The standard InChI is InChI=1S/C25H18N6/c1-2-30-21-10-6-3-7-16(21)17-13-15(11-12-22(17)30)31-24(27)18(14-26)23-25(31)29-20-9-5-4-8-19(20)28-23/h3-13H,2,27H2,1H3. The summed E-state index contributed by atoms with van der Waals surface area (Å²) in [7, 11) is 0. The van der Waals surface area contributed by atoms with Crippen LogP contribution in [0.4, 0.5) is 5.82 Å². The first kappa shape index (κ1) is 17.5. The lowest BCUT2D eigenvalue weighted by Gasteiger charge is -2.09. The molecule has 0 spiro atoms. The summed E-state index contributed by atoms with van der Waals surface area (Å²) in [5, 5.41) is 12.1. The Balaban J connectivity index is 1.72.